The minimum Gasteiger partial charge on any atom is -1.00 e. The summed E-state index contributed by atoms with van der Waals surface area (Å²) in [7, 11) is -2.21. The van der Waals surface area contributed by atoms with Crippen LogP contribution in [0.2, 0.25) is 15.5 Å². The molecule has 0 bridgehead atoms. The highest BCUT2D eigenvalue weighted by atomic mass is 35.5. The molecule has 10 aromatic rings. The molecule has 0 saturated carbocycles. The lowest BCUT2D eigenvalue weighted by Crippen LogP contribution is -3.00. The van der Waals surface area contributed by atoms with Gasteiger partial charge in [0.2, 0.25) is 0 Å². The first-order chi connectivity index (χ1) is 61.2. The Bertz CT molecular complexity index is 5770. The molecule has 12 N–H and O–H groups in total. The van der Waals surface area contributed by atoms with Gasteiger partial charge in [-0.25, -0.2) is 62.1 Å². The predicted molar refractivity (Wildman–Crippen MR) is 474 cm³/mol. The van der Waals surface area contributed by atoms with Gasteiger partial charge < -0.3 is 99.4 Å². The third kappa shape index (κ3) is 31.6. The molecule has 0 spiro atoms. The molecule has 48 heteroatoms. The number of amides is 5. The Morgan fingerprint density at radius 1 is 0.580 bits per heavy atom. The number of aliphatic carboxylic acids is 2. The molecule has 131 heavy (non-hydrogen) atoms. The summed E-state index contributed by atoms with van der Waals surface area (Å²) < 4.78 is 110. The van der Waals surface area contributed by atoms with E-state index in [1.165, 1.54) is 23.9 Å². The van der Waals surface area contributed by atoms with Crippen molar-refractivity contribution in [3.63, 3.8) is 0 Å². The first-order valence-electron chi connectivity index (χ1n) is 40.6. The zero-order valence-corrected chi connectivity index (χ0v) is 78.2. The number of aliphatic hydroxyl groups excluding tert-OH is 1. The average Bonchev–Trinajstić information content (AvgIpc) is 1.63. The number of nitrogens with zero attached hydrogens (tertiary/aromatic N) is 13. The summed E-state index contributed by atoms with van der Waals surface area (Å²) in [4.78, 5) is 119. The molecule has 712 valence electrons. The van der Waals surface area contributed by atoms with Crippen LogP contribution in [-0.2, 0) is 98.7 Å². The number of ether oxygens (including phenoxy) is 4. The topological polar surface area (TPSA) is 487 Å². The number of piperidine rings is 1. The molecule has 6 aromatic heterocycles. The number of aromatic nitrogens is 12. The number of aryl methyl sites for hydroxylation is 5. The van der Waals surface area contributed by atoms with Crippen LogP contribution in [0.25, 0.3) is 33.1 Å². The Balaban J connectivity index is 0.000000280. The highest BCUT2D eigenvalue weighted by molar-refractivity contribution is 7.79. The van der Waals surface area contributed by atoms with Crippen molar-refractivity contribution in [1.29, 1.82) is 0 Å². The summed E-state index contributed by atoms with van der Waals surface area (Å²) in [6.07, 6.45) is 1.01. The molecule has 1 saturated heterocycles. The number of hydrogen-bond acceptors (Lipinski definition) is 24. The van der Waals surface area contributed by atoms with Crippen molar-refractivity contribution in [2.45, 2.75) is 145 Å². The molecule has 0 aliphatic carbocycles. The lowest BCUT2D eigenvalue weighted by atomic mass is 9.99. The number of rotatable bonds is 34. The summed E-state index contributed by atoms with van der Waals surface area (Å²) in [5.74, 6) is -2.57. The normalized spacial score (nSPS) is 12.2. The van der Waals surface area contributed by atoms with Gasteiger partial charge in [-0.15, -0.1) is 0 Å². The number of imidazole rings is 3. The molecule has 5 amide bonds. The van der Waals surface area contributed by atoms with Crippen molar-refractivity contribution < 1.29 is 130 Å². The van der Waals surface area contributed by atoms with E-state index in [9.17, 15) is 64.8 Å². The molecule has 0 unspecified atom stereocenters. The zero-order valence-electron chi connectivity index (χ0n) is 73.4. The molecule has 0 radical (unpaired) electrons. The fourth-order valence-corrected chi connectivity index (χ4v) is 15.2. The maximum Gasteiger partial charge on any atom is 0.490 e. The van der Waals surface area contributed by atoms with Gasteiger partial charge in [-0.1, -0.05) is 79.2 Å². The number of nitrogens with one attached hydrogen (secondary N) is 4. The van der Waals surface area contributed by atoms with Crippen molar-refractivity contribution in [3.8, 4) is 17.2 Å². The Morgan fingerprint density at radius 3 is 1.31 bits per heavy atom. The van der Waals surface area contributed by atoms with Crippen molar-refractivity contribution in [2.24, 2.45) is 5.92 Å². The van der Waals surface area contributed by atoms with Crippen LogP contribution in [0.1, 0.15) is 122 Å². The number of hydrogen-bond donors (Lipinski definition) is 9. The number of fused-ring (bicyclic) bond motifs is 3. The fourth-order valence-electron chi connectivity index (χ4n) is 13.2. The second kappa shape index (κ2) is 49.6. The second-order valence-electron chi connectivity index (χ2n) is 30.0. The van der Waals surface area contributed by atoms with Crippen LogP contribution >= 0.6 is 48.8 Å². The number of carbonyl (C=O) groups excluding carboxylic acids is 7. The molecular formula is C83H105Cl4F6N20O16P2+. The molecule has 7 heterocycles. The first kappa shape index (κ1) is 108. The van der Waals surface area contributed by atoms with Crippen molar-refractivity contribution in [1.82, 2.24) is 69.8 Å². The number of halogens is 10. The number of carbonyl (C=O) groups is 8. The minimum atomic E-state index is -5.19. The van der Waals surface area contributed by atoms with Gasteiger partial charge in [0, 0.05) is 50.9 Å². The van der Waals surface area contributed by atoms with Crippen molar-refractivity contribution in [2.75, 3.05) is 96.3 Å². The van der Waals surface area contributed by atoms with E-state index >= 15 is 0 Å². The van der Waals surface area contributed by atoms with Crippen LogP contribution in [0.4, 0.5) is 43.8 Å². The first-order valence-corrected chi connectivity index (χ1v) is 47.4. The summed E-state index contributed by atoms with van der Waals surface area (Å²) in [6.45, 7) is 25.0. The average molecular weight is 1960 g/mol. The van der Waals surface area contributed by atoms with Gasteiger partial charge >= 0.3 is 18.3 Å². The van der Waals surface area contributed by atoms with Crippen molar-refractivity contribution >= 4 is 158 Å². The number of aliphatic hydroxyl groups is 1. The third-order valence-electron chi connectivity index (χ3n) is 19.6. The Morgan fingerprint density at radius 2 is 0.954 bits per heavy atom. The molecule has 0 atom stereocenters. The Hall–Kier alpha value is -11.5. The van der Waals surface area contributed by atoms with Gasteiger partial charge in [-0.05, 0) is 134 Å². The monoisotopic (exact) mass is 1950 g/mol. The summed E-state index contributed by atoms with van der Waals surface area (Å²) >= 11 is 17.6. The number of alkyl halides is 6. The molecule has 4 aromatic carbocycles. The number of nitrogen functional groups attached to an aromatic ring is 3. The molecule has 1 fully saturated rings. The predicted octanol–water partition coefficient (Wildman–Crippen LogP) is 4.67. The van der Waals surface area contributed by atoms with E-state index in [1.54, 1.807) is 19.4 Å². The quantitative estimate of drug-likeness (QED) is 0.0114. The third-order valence-corrected chi connectivity index (χ3v) is 22.6. The smallest absolute Gasteiger partial charge is 0.490 e. The van der Waals surface area contributed by atoms with Gasteiger partial charge in [-0.3, -0.25) is 28.8 Å². The molecule has 1 aliphatic heterocycles. The highest BCUT2D eigenvalue weighted by Crippen LogP contribution is 2.36. The van der Waals surface area contributed by atoms with Crippen LogP contribution in [0.3, 0.4) is 0 Å². The number of ketones is 1. The van der Waals surface area contributed by atoms with Gasteiger partial charge in [0.05, 0.1) is 64.3 Å². The molecular weight excluding hydrogens is 1850 g/mol. The number of anilines is 3. The largest absolute Gasteiger partial charge is 1.00 e. The maximum absolute atomic E-state index is 12.8. The number of Topliss-reactive ketones (excluding diaryl/α,β-unsaturated/α-hetero) is 1. The van der Waals surface area contributed by atoms with Gasteiger partial charge in [0.25, 0.3) is 47.0 Å². The van der Waals surface area contributed by atoms with Gasteiger partial charge in [0.1, 0.15) is 78.6 Å². The van der Waals surface area contributed by atoms with E-state index in [0.717, 1.165) is 82.1 Å². The van der Waals surface area contributed by atoms with E-state index < -0.39 is 56.0 Å². The number of carboxylic acid groups (broad SMARTS) is 2. The number of benzene rings is 4. The van der Waals surface area contributed by atoms with Crippen molar-refractivity contribution in [3.05, 3.63) is 153 Å². The summed E-state index contributed by atoms with van der Waals surface area (Å²) in [6, 6.07) is 25.1. The number of nitrogens with two attached hydrogens (primary N) is 3. The minimum absolute atomic E-state index is 0. The van der Waals surface area contributed by atoms with Crippen LogP contribution in [0, 0.1) is 5.92 Å². The molecule has 1 aliphatic rings. The Kier molecular flexibility index (Phi) is 41.0. The lowest BCUT2D eigenvalue weighted by Gasteiger charge is -2.30. The lowest BCUT2D eigenvalue weighted by molar-refractivity contribution is -0.676. The fraction of sp³-hybridized carbons (Fsp3) is 0.422. The highest BCUT2D eigenvalue weighted by Gasteiger charge is 2.39. The second-order valence-corrected chi connectivity index (χ2v) is 38.5. The van der Waals surface area contributed by atoms with E-state index in [4.69, 9.17) is 90.8 Å². The Labute approximate surface area is 771 Å². The zero-order chi connectivity index (χ0) is 96.3. The van der Waals surface area contributed by atoms with Crippen LogP contribution in [0.5, 0.6) is 17.2 Å². The van der Waals surface area contributed by atoms with Crippen LogP contribution in [-0.4, -0.2) is 204 Å². The van der Waals surface area contributed by atoms with Crippen LogP contribution in [0.15, 0.2) is 97.5 Å². The maximum atomic E-state index is 12.8. The van der Waals surface area contributed by atoms with E-state index in [1.807, 2.05) is 109 Å². The standard InChI is InChI=1S/C29H35ClN7O4P.C25H32ClN7O3.C25H34ClN6O5P.2C2HF3O2.ClH/c1-5-36-22-11-8-20(41-18-25(39)32-15-19-6-9-21(10-7-19)42(2,3)4)14-23(22)37(12-13-38)26(36)17-34-29(40)27-28(31)33-16-24(30)35-27;1-4-32-18-7-6-17(36-15-22(34)31-10-8-16(3)9-11-31)12-19(18)33(5-2)21(32)14-29-25(35)23-24(27)28-13-20(26)30-23;1-5-31-19-10-9-18(37-15-17(33)8-7-11-36-16-38(3,4)35)12-20(19)32(6-2)22(31)14-29-25(34)23-24(27)28-13-21(26)30-23;2*3-2(4,5)1(6)7;/h6-11,14,16,38H,2,5,12-13,15,17-18H2,1,3-4H3,(H3-,31,32,33,34,39,40);6-7,12-13,16H,4-5,8-11,14-15H2,1-3H3,(H2-,27,28,29,35);9-10,12-13H,5-8,11,14-16H2,1-4H3,(H2-,27,28,29,34);2*(H,6,7);1H/p+1. The van der Waals surface area contributed by atoms with Crippen LogP contribution < -0.4 is 89.2 Å². The summed E-state index contributed by atoms with van der Waals surface area (Å²) in [5, 5.41) is 38.6. The van der Waals surface area contributed by atoms with E-state index in [-0.39, 0.29) is 139 Å². The summed E-state index contributed by atoms with van der Waals surface area (Å²) in [5.41, 5.74) is 23.8. The van der Waals surface area contributed by atoms with E-state index in [2.05, 4.69) is 108 Å². The molecule has 36 nitrogen and oxygen atoms in total. The van der Waals surface area contributed by atoms with Gasteiger partial charge in [0.15, 0.2) is 86.6 Å². The number of likely N-dealkylation sites (tertiary alicyclic amines) is 1. The molecule has 11 rings (SSSR count). The van der Waals surface area contributed by atoms with E-state index in [0.29, 0.717) is 81.9 Å². The SMILES string of the molecule is C=P(C)(C)c1ccc(CNC(=O)COc2ccc3c(c2)n(CCO)c(CNC(=O)c2nc(Cl)cnc2N)[n+]3CC)cc1.CCn1c(CNC(=O)c2nc(Cl)cnc2N)[n+](CC)c2ccc(OCC(=O)CCCOCP(C)(C)=O)cc21.CCn1c(CNC(=O)c2nc(Cl)cnc2N)[n+](CC)c2ccc(OCC(=O)N3CCC(C)CC3)cc21.O=C(O)C(F)(F)F.O=C([O-])C(F)(F)F.[Cl-]. The number of carboxylic acids is 2. The van der Waals surface area contributed by atoms with Gasteiger partial charge in [-0.2, -0.15) is 26.3 Å².